The van der Waals surface area contributed by atoms with E-state index in [1.165, 1.54) is 5.57 Å². The third-order valence-electron chi connectivity index (χ3n) is 4.75. The molecule has 0 radical (unpaired) electrons. The first kappa shape index (κ1) is 15.5. The molecule has 1 heterocycles. The number of nitrogens with zero attached hydrogens (tertiary/aromatic N) is 1. The molecule has 1 aliphatic rings. The summed E-state index contributed by atoms with van der Waals surface area (Å²) >= 11 is 0. The van der Waals surface area contributed by atoms with Crippen LogP contribution in [0.4, 0.5) is 0 Å². The van der Waals surface area contributed by atoms with Crippen molar-refractivity contribution in [1.82, 2.24) is 4.90 Å². The van der Waals surface area contributed by atoms with Gasteiger partial charge >= 0.3 is 0 Å². The Morgan fingerprint density at radius 1 is 0.920 bits per heavy atom. The van der Waals surface area contributed by atoms with E-state index in [1.54, 1.807) is 12.1 Å². The normalized spacial score (nSPS) is 14.4. The van der Waals surface area contributed by atoms with Gasteiger partial charge in [0.05, 0.1) is 0 Å². The Kier molecular flexibility index (Phi) is 3.98. The van der Waals surface area contributed by atoms with Crippen LogP contribution >= 0.6 is 0 Å². The Morgan fingerprint density at radius 2 is 1.68 bits per heavy atom. The Hall–Kier alpha value is -3.07. The lowest BCUT2D eigenvalue weighted by atomic mass is 9.98. The van der Waals surface area contributed by atoms with Crippen molar-refractivity contribution in [3.8, 4) is 5.75 Å². The van der Waals surface area contributed by atoms with Gasteiger partial charge in [0.2, 0.25) is 0 Å². The quantitative estimate of drug-likeness (QED) is 0.753. The highest BCUT2D eigenvalue weighted by Crippen LogP contribution is 2.26. The third kappa shape index (κ3) is 3.01. The monoisotopic (exact) mass is 329 g/mol. The first-order valence-electron chi connectivity index (χ1n) is 8.48. The molecular weight excluding hydrogens is 310 g/mol. The molecule has 25 heavy (non-hydrogen) atoms. The SMILES string of the molecule is O=C(c1cccc2ccccc12)N1CC=C(c2ccc(O)cc2)CC1. The molecule has 0 unspecified atom stereocenters. The lowest BCUT2D eigenvalue weighted by molar-refractivity contribution is 0.0775. The van der Waals surface area contributed by atoms with Crippen molar-refractivity contribution >= 4 is 22.3 Å². The zero-order valence-corrected chi connectivity index (χ0v) is 13.9. The van der Waals surface area contributed by atoms with Crippen LogP contribution in [-0.4, -0.2) is 29.0 Å². The highest BCUT2D eigenvalue weighted by Gasteiger charge is 2.20. The van der Waals surface area contributed by atoms with E-state index in [4.69, 9.17) is 0 Å². The molecule has 0 saturated carbocycles. The largest absolute Gasteiger partial charge is 0.508 e. The summed E-state index contributed by atoms with van der Waals surface area (Å²) in [7, 11) is 0. The van der Waals surface area contributed by atoms with Crippen molar-refractivity contribution < 1.29 is 9.90 Å². The predicted molar refractivity (Wildman–Crippen MR) is 101 cm³/mol. The molecule has 4 rings (SSSR count). The van der Waals surface area contributed by atoms with Crippen molar-refractivity contribution in [3.63, 3.8) is 0 Å². The van der Waals surface area contributed by atoms with Gasteiger partial charge in [0.15, 0.2) is 0 Å². The highest BCUT2D eigenvalue weighted by atomic mass is 16.3. The molecule has 0 atom stereocenters. The number of hydrogen-bond donors (Lipinski definition) is 1. The van der Waals surface area contributed by atoms with Gasteiger partial charge < -0.3 is 10.0 Å². The van der Waals surface area contributed by atoms with E-state index in [-0.39, 0.29) is 11.7 Å². The van der Waals surface area contributed by atoms with Gasteiger partial charge in [-0.1, -0.05) is 54.6 Å². The molecule has 3 aromatic rings. The minimum Gasteiger partial charge on any atom is -0.508 e. The number of benzene rings is 3. The Labute approximate surface area is 146 Å². The highest BCUT2D eigenvalue weighted by molar-refractivity contribution is 6.07. The van der Waals surface area contributed by atoms with Gasteiger partial charge in [-0.15, -0.1) is 0 Å². The van der Waals surface area contributed by atoms with Gasteiger partial charge in [-0.3, -0.25) is 4.79 Å². The number of phenolic OH excluding ortho intramolecular Hbond substituents is 1. The fraction of sp³-hybridized carbons (Fsp3) is 0.136. The molecule has 0 fully saturated rings. The van der Waals surface area contributed by atoms with Crippen LogP contribution in [0.5, 0.6) is 5.75 Å². The van der Waals surface area contributed by atoms with E-state index in [9.17, 15) is 9.90 Å². The summed E-state index contributed by atoms with van der Waals surface area (Å²) in [5, 5.41) is 11.5. The maximum atomic E-state index is 13.0. The van der Waals surface area contributed by atoms with Crippen LogP contribution in [0.25, 0.3) is 16.3 Å². The lowest BCUT2D eigenvalue weighted by Crippen LogP contribution is -2.34. The average molecular weight is 329 g/mol. The maximum Gasteiger partial charge on any atom is 0.254 e. The number of aromatic hydroxyl groups is 1. The van der Waals surface area contributed by atoms with E-state index in [2.05, 4.69) is 6.08 Å². The molecule has 3 aromatic carbocycles. The van der Waals surface area contributed by atoms with Crippen molar-refractivity contribution in [2.24, 2.45) is 0 Å². The summed E-state index contributed by atoms with van der Waals surface area (Å²) in [5.74, 6) is 0.353. The van der Waals surface area contributed by atoms with Crippen LogP contribution in [-0.2, 0) is 0 Å². The van der Waals surface area contributed by atoms with Gasteiger partial charge in [0.25, 0.3) is 5.91 Å². The third-order valence-corrected chi connectivity index (χ3v) is 4.75. The molecule has 0 aromatic heterocycles. The maximum absolute atomic E-state index is 13.0. The van der Waals surface area contributed by atoms with Gasteiger partial charge in [0, 0.05) is 18.7 Å². The molecule has 1 aliphatic heterocycles. The summed E-state index contributed by atoms with van der Waals surface area (Å²) in [6, 6.07) is 21.1. The van der Waals surface area contributed by atoms with Crippen molar-refractivity contribution in [2.75, 3.05) is 13.1 Å². The molecule has 3 nitrogen and oxygen atoms in total. The number of carbonyl (C=O) groups is 1. The van der Waals surface area contributed by atoms with Crippen LogP contribution in [0.1, 0.15) is 22.3 Å². The summed E-state index contributed by atoms with van der Waals surface area (Å²) in [6.07, 6.45) is 2.93. The number of hydrogen-bond acceptors (Lipinski definition) is 2. The van der Waals surface area contributed by atoms with Crippen molar-refractivity contribution in [2.45, 2.75) is 6.42 Å². The molecule has 0 bridgehead atoms. The first-order chi connectivity index (χ1) is 12.2. The van der Waals surface area contributed by atoms with Crippen LogP contribution in [0.3, 0.4) is 0 Å². The Balaban J connectivity index is 1.57. The van der Waals surface area contributed by atoms with E-state index in [0.29, 0.717) is 13.1 Å². The predicted octanol–water partition coefficient (Wildman–Crippen LogP) is 4.47. The van der Waals surface area contributed by atoms with E-state index in [1.807, 2.05) is 59.5 Å². The number of fused-ring (bicyclic) bond motifs is 1. The second-order valence-corrected chi connectivity index (χ2v) is 6.30. The first-order valence-corrected chi connectivity index (χ1v) is 8.48. The van der Waals surface area contributed by atoms with Crippen molar-refractivity contribution in [3.05, 3.63) is 83.9 Å². The smallest absolute Gasteiger partial charge is 0.254 e. The molecule has 3 heteroatoms. The van der Waals surface area contributed by atoms with E-state index < -0.39 is 0 Å². The minimum absolute atomic E-state index is 0.0813. The second kappa shape index (κ2) is 6.44. The number of rotatable bonds is 2. The molecule has 0 aliphatic carbocycles. The molecule has 1 N–H and O–H groups in total. The van der Waals surface area contributed by atoms with Crippen molar-refractivity contribution in [1.29, 1.82) is 0 Å². The minimum atomic E-state index is 0.0813. The fourth-order valence-corrected chi connectivity index (χ4v) is 3.37. The van der Waals surface area contributed by atoms with Gasteiger partial charge in [-0.2, -0.15) is 0 Å². The number of amides is 1. The lowest BCUT2D eigenvalue weighted by Gasteiger charge is -2.27. The topological polar surface area (TPSA) is 40.5 Å². The van der Waals surface area contributed by atoms with E-state index >= 15 is 0 Å². The molecule has 124 valence electrons. The average Bonchev–Trinajstić information content (AvgIpc) is 2.68. The molecule has 0 saturated heterocycles. The number of carbonyl (C=O) groups excluding carboxylic acids is 1. The zero-order valence-electron chi connectivity index (χ0n) is 13.9. The summed E-state index contributed by atoms with van der Waals surface area (Å²) < 4.78 is 0. The van der Waals surface area contributed by atoms with Crippen LogP contribution in [0, 0.1) is 0 Å². The van der Waals surface area contributed by atoms with Crippen LogP contribution in [0.2, 0.25) is 0 Å². The van der Waals surface area contributed by atoms with Crippen LogP contribution in [0.15, 0.2) is 72.8 Å². The molecule has 0 spiro atoms. The summed E-state index contributed by atoms with van der Waals surface area (Å²) in [6.45, 7) is 1.31. The standard InChI is InChI=1S/C22H19NO2/c24-19-10-8-16(9-11-19)17-12-14-23(15-13-17)22(25)21-7-3-5-18-4-1-2-6-20(18)21/h1-12,24H,13-15H2. The summed E-state index contributed by atoms with van der Waals surface area (Å²) in [4.78, 5) is 14.9. The van der Waals surface area contributed by atoms with Gasteiger partial charge in [-0.25, -0.2) is 0 Å². The fourth-order valence-electron chi connectivity index (χ4n) is 3.37. The van der Waals surface area contributed by atoms with Gasteiger partial charge in [0.1, 0.15) is 5.75 Å². The van der Waals surface area contributed by atoms with Gasteiger partial charge in [-0.05, 0) is 46.5 Å². The molecule has 1 amide bonds. The molecular formula is C22H19NO2. The van der Waals surface area contributed by atoms with E-state index in [0.717, 1.165) is 28.3 Å². The number of phenols is 1. The summed E-state index contributed by atoms with van der Waals surface area (Å²) in [5.41, 5.74) is 3.09. The van der Waals surface area contributed by atoms with Crippen LogP contribution < -0.4 is 0 Å². The zero-order chi connectivity index (χ0) is 17.2. The second-order valence-electron chi connectivity index (χ2n) is 6.30. The Morgan fingerprint density at radius 3 is 2.44 bits per heavy atom. The Bertz CT molecular complexity index is 952.